The van der Waals surface area contributed by atoms with Gasteiger partial charge in [-0.25, -0.2) is 14.6 Å². The van der Waals surface area contributed by atoms with E-state index in [2.05, 4.69) is 15.6 Å². The lowest BCUT2D eigenvalue weighted by Gasteiger charge is -2.06. The summed E-state index contributed by atoms with van der Waals surface area (Å²) in [6, 6.07) is 5.98. The molecule has 116 valence electrons. The van der Waals surface area contributed by atoms with Crippen LogP contribution in [-0.2, 0) is 19.5 Å². The van der Waals surface area contributed by atoms with Gasteiger partial charge in [-0.3, -0.25) is 0 Å². The lowest BCUT2D eigenvalue weighted by Crippen LogP contribution is -2.34. The largest absolute Gasteiger partial charge is 0.478 e. The van der Waals surface area contributed by atoms with Gasteiger partial charge in [0.05, 0.1) is 18.3 Å². The van der Waals surface area contributed by atoms with Gasteiger partial charge in [-0.15, -0.1) is 0 Å². The second-order valence-electron chi connectivity index (χ2n) is 4.61. The lowest BCUT2D eigenvalue weighted by molar-refractivity contribution is 0.0697. The zero-order valence-electron chi connectivity index (χ0n) is 12.1. The number of aryl methyl sites for hydroxylation is 1. The van der Waals surface area contributed by atoms with Gasteiger partial charge in [0.2, 0.25) is 0 Å². The van der Waals surface area contributed by atoms with E-state index in [0.29, 0.717) is 24.6 Å². The SMILES string of the molecule is CCc1ncc(CNC(=O)NCc2ccc(C(=O)O)cc2)o1. The van der Waals surface area contributed by atoms with Gasteiger partial charge < -0.3 is 20.2 Å². The maximum absolute atomic E-state index is 11.7. The van der Waals surface area contributed by atoms with Gasteiger partial charge >= 0.3 is 12.0 Å². The molecule has 1 heterocycles. The molecule has 0 aliphatic carbocycles. The van der Waals surface area contributed by atoms with E-state index in [1.807, 2.05) is 6.92 Å². The predicted molar refractivity (Wildman–Crippen MR) is 78.4 cm³/mol. The molecular weight excluding hydrogens is 286 g/mol. The van der Waals surface area contributed by atoms with Crippen LogP contribution in [0, 0.1) is 0 Å². The van der Waals surface area contributed by atoms with E-state index in [1.165, 1.54) is 12.1 Å². The molecular formula is C15H17N3O4. The number of benzene rings is 1. The summed E-state index contributed by atoms with van der Waals surface area (Å²) in [5.41, 5.74) is 1.03. The number of nitrogens with one attached hydrogen (secondary N) is 2. The van der Waals surface area contributed by atoms with Crippen LogP contribution in [0.25, 0.3) is 0 Å². The van der Waals surface area contributed by atoms with E-state index >= 15 is 0 Å². The quantitative estimate of drug-likeness (QED) is 0.756. The van der Waals surface area contributed by atoms with Crippen LogP contribution < -0.4 is 10.6 Å². The first-order valence-electron chi connectivity index (χ1n) is 6.86. The lowest BCUT2D eigenvalue weighted by atomic mass is 10.1. The van der Waals surface area contributed by atoms with Crippen molar-refractivity contribution in [1.82, 2.24) is 15.6 Å². The van der Waals surface area contributed by atoms with E-state index in [1.54, 1.807) is 18.3 Å². The number of amides is 2. The van der Waals surface area contributed by atoms with Crippen LogP contribution in [0.5, 0.6) is 0 Å². The molecule has 3 N–H and O–H groups in total. The molecule has 0 bridgehead atoms. The van der Waals surface area contributed by atoms with Crippen LogP contribution in [0.3, 0.4) is 0 Å². The van der Waals surface area contributed by atoms with Gasteiger partial charge in [-0.1, -0.05) is 19.1 Å². The zero-order valence-corrected chi connectivity index (χ0v) is 12.1. The Labute approximate surface area is 127 Å². The molecule has 0 spiro atoms. The Hall–Kier alpha value is -2.83. The van der Waals surface area contributed by atoms with Crippen molar-refractivity contribution in [3.8, 4) is 0 Å². The van der Waals surface area contributed by atoms with E-state index in [9.17, 15) is 9.59 Å². The van der Waals surface area contributed by atoms with Crippen LogP contribution in [0.1, 0.15) is 34.5 Å². The number of carboxylic acid groups (broad SMARTS) is 1. The topological polar surface area (TPSA) is 104 Å². The second-order valence-corrected chi connectivity index (χ2v) is 4.61. The molecule has 2 aromatic rings. The highest BCUT2D eigenvalue weighted by molar-refractivity contribution is 5.87. The number of carbonyl (C=O) groups is 2. The number of rotatable bonds is 6. The molecule has 1 aromatic carbocycles. The highest BCUT2D eigenvalue weighted by Gasteiger charge is 2.06. The van der Waals surface area contributed by atoms with Gasteiger partial charge in [0.15, 0.2) is 5.89 Å². The average Bonchev–Trinajstić information content (AvgIpc) is 2.99. The maximum atomic E-state index is 11.7. The van der Waals surface area contributed by atoms with E-state index in [4.69, 9.17) is 9.52 Å². The smallest absolute Gasteiger partial charge is 0.335 e. The molecule has 0 fully saturated rings. The van der Waals surface area contributed by atoms with Gasteiger partial charge in [0, 0.05) is 13.0 Å². The molecule has 0 unspecified atom stereocenters. The average molecular weight is 303 g/mol. The van der Waals surface area contributed by atoms with Gasteiger partial charge in [0.25, 0.3) is 0 Å². The summed E-state index contributed by atoms with van der Waals surface area (Å²) >= 11 is 0. The zero-order chi connectivity index (χ0) is 15.9. The van der Waals surface area contributed by atoms with Gasteiger partial charge in [-0.05, 0) is 17.7 Å². The number of carbonyl (C=O) groups excluding carboxylic acids is 1. The Balaban J connectivity index is 1.76. The summed E-state index contributed by atoms with van der Waals surface area (Å²) in [7, 11) is 0. The van der Waals surface area contributed by atoms with Crippen molar-refractivity contribution >= 4 is 12.0 Å². The Bertz CT molecular complexity index is 649. The minimum atomic E-state index is -0.976. The molecule has 0 radical (unpaired) electrons. The Kier molecular flexibility index (Phi) is 5.13. The first-order valence-corrected chi connectivity index (χ1v) is 6.86. The number of hydrogen-bond acceptors (Lipinski definition) is 4. The number of aromatic nitrogens is 1. The third kappa shape index (κ3) is 4.34. The number of urea groups is 1. The third-order valence-electron chi connectivity index (χ3n) is 2.98. The van der Waals surface area contributed by atoms with Crippen molar-refractivity contribution in [1.29, 1.82) is 0 Å². The third-order valence-corrected chi connectivity index (χ3v) is 2.98. The van der Waals surface area contributed by atoms with E-state index in [0.717, 1.165) is 5.56 Å². The fourth-order valence-electron chi connectivity index (χ4n) is 1.77. The number of nitrogens with zero attached hydrogens (tertiary/aromatic N) is 1. The van der Waals surface area contributed by atoms with Crippen LogP contribution in [0.15, 0.2) is 34.9 Å². The van der Waals surface area contributed by atoms with Crippen LogP contribution in [-0.4, -0.2) is 22.1 Å². The number of hydrogen-bond donors (Lipinski definition) is 3. The van der Waals surface area contributed by atoms with Crippen molar-refractivity contribution in [2.75, 3.05) is 0 Å². The first-order chi connectivity index (χ1) is 10.6. The van der Waals surface area contributed by atoms with Gasteiger partial charge in [0.1, 0.15) is 5.76 Å². The number of oxazole rings is 1. The number of aromatic carboxylic acids is 1. The highest BCUT2D eigenvalue weighted by Crippen LogP contribution is 2.05. The second kappa shape index (κ2) is 7.26. The van der Waals surface area contributed by atoms with Crippen LogP contribution >= 0.6 is 0 Å². The van der Waals surface area contributed by atoms with Crippen LogP contribution in [0.2, 0.25) is 0 Å². The normalized spacial score (nSPS) is 10.2. The van der Waals surface area contributed by atoms with Gasteiger partial charge in [-0.2, -0.15) is 0 Å². The van der Waals surface area contributed by atoms with Crippen molar-refractivity contribution in [3.05, 3.63) is 53.2 Å². The minimum Gasteiger partial charge on any atom is -0.478 e. The summed E-state index contributed by atoms with van der Waals surface area (Å²) in [6.45, 7) is 2.50. The molecule has 2 rings (SSSR count). The molecule has 0 atom stereocenters. The summed E-state index contributed by atoms with van der Waals surface area (Å²) in [4.78, 5) is 26.4. The molecule has 7 nitrogen and oxygen atoms in total. The monoisotopic (exact) mass is 303 g/mol. The van der Waals surface area contributed by atoms with Crippen molar-refractivity contribution in [2.24, 2.45) is 0 Å². The molecule has 0 aliphatic heterocycles. The molecule has 0 saturated heterocycles. The summed E-state index contributed by atoms with van der Waals surface area (Å²) in [5.74, 6) is 0.254. The van der Waals surface area contributed by atoms with E-state index < -0.39 is 5.97 Å². The standard InChI is InChI=1S/C15H17N3O4/c1-2-13-16-8-12(22-13)9-18-15(21)17-7-10-3-5-11(6-4-10)14(19)20/h3-6,8H,2,7,9H2,1H3,(H,19,20)(H2,17,18,21). The molecule has 0 aliphatic rings. The molecule has 0 saturated carbocycles. The summed E-state index contributed by atoms with van der Waals surface area (Å²) < 4.78 is 5.37. The Morgan fingerprint density at radius 3 is 2.45 bits per heavy atom. The molecule has 22 heavy (non-hydrogen) atoms. The number of carboxylic acids is 1. The maximum Gasteiger partial charge on any atom is 0.335 e. The first kappa shape index (κ1) is 15.6. The van der Waals surface area contributed by atoms with Crippen molar-refractivity contribution < 1.29 is 19.1 Å². The predicted octanol–water partition coefficient (Wildman–Crippen LogP) is 1.93. The minimum absolute atomic E-state index is 0.213. The highest BCUT2D eigenvalue weighted by atomic mass is 16.4. The van der Waals surface area contributed by atoms with Crippen LogP contribution in [0.4, 0.5) is 4.79 Å². The Morgan fingerprint density at radius 2 is 1.86 bits per heavy atom. The molecule has 2 amide bonds. The summed E-state index contributed by atoms with van der Waals surface area (Å²) in [6.07, 6.45) is 2.29. The van der Waals surface area contributed by atoms with E-state index in [-0.39, 0.29) is 18.1 Å². The Morgan fingerprint density at radius 1 is 1.18 bits per heavy atom. The van der Waals surface area contributed by atoms with Crippen molar-refractivity contribution in [2.45, 2.75) is 26.4 Å². The van der Waals surface area contributed by atoms with Crippen molar-refractivity contribution in [3.63, 3.8) is 0 Å². The fourth-order valence-corrected chi connectivity index (χ4v) is 1.77. The molecule has 7 heteroatoms. The molecule has 1 aromatic heterocycles. The summed E-state index contributed by atoms with van der Waals surface area (Å²) in [5, 5.41) is 14.1. The fraction of sp³-hybridized carbons (Fsp3) is 0.267.